The summed E-state index contributed by atoms with van der Waals surface area (Å²) < 4.78 is 16.5. The molecule has 192 valence electrons. The van der Waals surface area contributed by atoms with E-state index in [9.17, 15) is 4.79 Å². The lowest BCUT2D eigenvalue weighted by Crippen LogP contribution is -2.22. The van der Waals surface area contributed by atoms with Gasteiger partial charge in [0.15, 0.2) is 11.5 Å². The van der Waals surface area contributed by atoms with Crippen LogP contribution in [0.3, 0.4) is 0 Å². The van der Waals surface area contributed by atoms with Crippen molar-refractivity contribution in [2.45, 2.75) is 32.8 Å². The van der Waals surface area contributed by atoms with E-state index in [-0.39, 0.29) is 5.56 Å². The maximum Gasteiger partial charge on any atom is 0.282 e. The largest absolute Gasteiger partial charge is 0.493 e. The smallest absolute Gasteiger partial charge is 0.282 e. The summed E-state index contributed by atoms with van der Waals surface area (Å²) in [5.41, 5.74) is 2.18. The fourth-order valence-corrected chi connectivity index (χ4v) is 5.59. The summed E-state index contributed by atoms with van der Waals surface area (Å²) >= 11 is 14.1. The SMILES string of the molecule is CCCCc1nc2ccc(Br)cc2c(=O)n1N=Cc1cc(OC)c(OCc2ccc(Br)cc2Br)cc1Br. The van der Waals surface area contributed by atoms with E-state index in [2.05, 4.69) is 75.7 Å². The second-order valence-corrected chi connectivity index (χ2v) is 11.7. The highest BCUT2D eigenvalue weighted by molar-refractivity contribution is 9.11. The molecule has 4 aromatic rings. The van der Waals surface area contributed by atoms with Gasteiger partial charge in [-0.1, -0.05) is 67.2 Å². The zero-order chi connectivity index (χ0) is 26.5. The second-order valence-electron chi connectivity index (χ2n) is 8.20. The Morgan fingerprint density at radius 1 is 0.973 bits per heavy atom. The second kappa shape index (κ2) is 12.7. The van der Waals surface area contributed by atoms with Crippen molar-refractivity contribution in [3.05, 3.63) is 93.7 Å². The zero-order valence-corrected chi connectivity index (χ0v) is 26.4. The molecule has 0 fully saturated rings. The first kappa shape index (κ1) is 28.0. The number of hydrogen-bond donors (Lipinski definition) is 0. The molecule has 0 saturated carbocycles. The first-order chi connectivity index (χ1) is 17.8. The van der Waals surface area contributed by atoms with Crippen molar-refractivity contribution in [2.75, 3.05) is 7.11 Å². The van der Waals surface area contributed by atoms with Crippen LogP contribution in [0.5, 0.6) is 11.5 Å². The summed E-state index contributed by atoms with van der Waals surface area (Å²) in [5, 5.41) is 5.06. The van der Waals surface area contributed by atoms with Crippen LogP contribution in [-0.2, 0) is 13.0 Å². The molecule has 6 nitrogen and oxygen atoms in total. The molecule has 0 saturated heterocycles. The van der Waals surface area contributed by atoms with Crippen LogP contribution in [0, 0.1) is 0 Å². The van der Waals surface area contributed by atoms with E-state index in [0.717, 1.165) is 41.9 Å². The van der Waals surface area contributed by atoms with E-state index in [4.69, 9.17) is 14.5 Å². The van der Waals surface area contributed by atoms with Gasteiger partial charge in [0, 0.05) is 35.4 Å². The number of hydrogen-bond acceptors (Lipinski definition) is 5. The lowest BCUT2D eigenvalue weighted by molar-refractivity contribution is 0.283. The molecule has 0 amide bonds. The van der Waals surface area contributed by atoms with Gasteiger partial charge in [0.1, 0.15) is 12.4 Å². The number of nitrogens with zero attached hydrogens (tertiary/aromatic N) is 3. The van der Waals surface area contributed by atoms with Gasteiger partial charge >= 0.3 is 0 Å². The number of aryl methyl sites for hydroxylation is 1. The molecule has 3 aromatic carbocycles. The highest BCUT2D eigenvalue weighted by Gasteiger charge is 2.13. The van der Waals surface area contributed by atoms with Crippen molar-refractivity contribution in [1.29, 1.82) is 0 Å². The fraction of sp³-hybridized carbons (Fsp3) is 0.222. The maximum absolute atomic E-state index is 13.3. The highest BCUT2D eigenvalue weighted by atomic mass is 79.9. The first-order valence-corrected chi connectivity index (χ1v) is 14.7. The van der Waals surface area contributed by atoms with E-state index in [1.54, 1.807) is 19.4 Å². The van der Waals surface area contributed by atoms with Crippen LogP contribution in [0.1, 0.15) is 36.7 Å². The lowest BCUT2D eigenvalue weighted by Gasteiger charge is -2.14. The summed E-state index contributed by atoms with van der Waals surface area (Å²) in [6, 6.07) is 15.1. The highest BCUT2D eigenvalue weighted by Crippen LogP contribution is 2.34. The standard InChI is InChI=1S/C27H23Br4N3O3/c1-3-4-5-26-33-23-9-8-18(28)11-20(23)27(35)34(26)32-14-17-10-24(36-2)25(13-22(17)31)37-15-16-6-7-19(29)12-21(16)30/h6-14H,3-5,15H2,1-2H3. The Morgan fingerprint density at radius 2 is 1.73 bits per heavy atom. The number of aromatic nitrogens is 2. The van der Waals surface area contributed by atoms with Crippen LogP contribution < -0.4 is 15.0 Å². The molecular weight excluding hydrogens is 734 g/mol. The summed E-state index contributed by atoms with van der Waals surface area (Å²) in [7, 11) is 1.59. The number of halogens is 4. The Bertz CT molecular complexity index is 1540. The third-order valence-corrected chi connectivity index (χ3v) is 8.03. The lowest BCUT2D eigenvalue weighted by atomic mass is 10.2. The Morgan fingerprint density at radius 3 is 2.46 bits per heavy atom. The summed E-state index contributed by atoms with van der Waals surface area (Å²) in [4.78, 5) is 18.1. The van der Waals surface area contributed by atoms with Crippen LogP contribution in [-0.4, -0.2) is 23.0 Å². The van der Waals surface area contributed by atoms with E-state index >= 15 is 0 Å². The Labute approximate surface area is 248 Å². The van der Waals surface area contributed by atoms with Crippen molar-refractivity contribution in [2.24, 2.45) is 5.10 Å². The van der Waals surface area contributed by atoms with E-state index in [1.165, 1.54) is 4.68 Å². The number of rotatable bonds is 9. The molecule has 4 rings (SSSR count). The molecule has 37 heavy (non-hydrogen) atoms. The number of fused-ring (bicyclic) bond motifs is 1. The monoisotopic (exact) mass is 753 g/mol. The first-order valence-electron chi connectivity index (χ1n) is 11.5. The maximum atomic E-state index is 13.3. The summed E-state index contributed by atoms with van der Waals surface area (Å²) in [6.07, 6.45) is 4.17. The Kier molecular flexibility index (Phi) is 9.61. The zero-order valence-electron chi connectivity index (χ0n) is 20.1. The summed E-state index contributed by atoms with van der Waals surface area (Å²) in [5.74, 6) is 1.76. The molecule has 10 heteroatoms. The molecular formula is C27H23Br4N3O3. The minimum absolute atomic E-state index is 0.211. The quantitative estimate of drug-likeness (QED) is 0.162. The van der Waals surface area contributed by atoms with Gasteiger partial charge in [-0.25, -0.2) is 4.98 Å². The molecule has 0 aliphatic rings. The van der Waals surface area contributed by atoms with Gasteiger partial charge in [-0.15, -0.1) is 0 Å². The molecule has 0 spiro atoms. The third-order valence-electron chi connectivity index (χ3n) is 5.62. The van der Waals surface area contributed by atoms with Crippen molar-refractivity contribution in [3.63, 3.8) is 0 Å². The van der Waals surface area contributed by atoms with Crippen molar-refractivity contribution in [1.82, 2.24) is 9.66 Å². The van der Waals surface area contributed by atoms with Gasteiger partial charge < -0.3 is 9.47 Å². The van der Waals surface area contributed by atoms with Crippen molar-refractivity contribution < 1.29 is 9.47 Å². The van der Waals surface area contributed by atoms with E-state index in [0.29, 0.717) is 41.3 Å². The molecule has 0 unspecified atom stereocenters. The van der Waals surface area contributed by atoms with Crippen molar-refractivity contribution in [3.8, 4) is 11.5 Å². The van der Waals surface area contributed by atoms with Gasteiger partial charge in [0.2, 0.25) is 0 Å². The third kappa shape index (κ3) is 6.71. The minimum atomic E-state index is -0.211. The average Bonchev–Trinajstić information content (AvgIpc) is 2.87. The number of methoxy groups -OCH3 is 1. The molecule has 1 heterocycles. The van der Waals surface area contributed by atoms with Gasteiger partial charge in [0.25, 0.3) is 5.56 Å². The van der Waals surface area contributed by atoms with Crippen LogP contribution in [0.25, 0.3) is 10.9 Å². The van der Waals surface area contributed by atoms with Crippen LogP contribution in [0.2, 0.25) is 0 Å². The van der Waals surface area contributed by atoms with Crippen molar-refractivity contribution >= 4 is 80.8 Å². The van der Waals surface area contributed by atoms with Gasteiger partial charge in [-0.2, -0.15) is 9.78 Å². The normalized spacial score (nSPS) is 11.4. The number of benzene rings is 3. The topological polar surface area (TPSA) is 65.7 Å². The average molecular weight is 757 g/mol. The molecule has 0 radical (unpaired) electrons. The number of ether oxygens (including phenoxy) is 2. The Hall–Kier alpha value is -2.01. The number of unbranched alkanes of at least 4 members (excludes halogenated alkanes) is 1. The van der Waals surface area contributed by atoms with Gasteiger partial charge in [-0.3, -0.25) is 4.79 Å². The Balaban J connectivity index is 1.67. The van der Waals surface area contributed by atoms with Gasteiger partial charge in [0.05, 0.1) is 24.2 Å². The molecule has 0 atom stereocenters. The minimum Gasteiger partial charge on any atom is -0.493 e. The molecule has 1 aromatic heterocycles. The molecule has 0 aliphatic heterocycles. The summed E-state index contributed by atoms with van der Waals surface area (Å²) in [6.45, 7) is 2.46. The van der Waals surface area contributed by atoms with Crippen LogP contribution in [0.4, 0.5) is 0 Å². The fourth-order valence-electron chi connectivity index (χ4n) is 3.65. The van der Waals surface area contributed by atoms with Gasteiger partial charge in [-0.05, 0) is 64.8 Å². The predicted molar refractivity (Wildman–Crippen MR) is 162 cm³/mol. The molecule has 0 N–H and O–H groups in total. The predicted octanol–water partition coefficient (Wildman–Crippen LogP) is 8.26. The van der Waals surface area contributed by atoms with E-state index < -0.39 is 0 Å². The van der Waals surface area contributed by atoms with Crippen LogP contribution in [0.15, 0.2) is 76.3 Å². The molecule has 0 aliphatic carbocycles. The van der Waals surface area contributed by atoms with Crippen LogP contribution >= 0.6 is 63.7 Å². The van der Waals surface area contributed by atoms with E-state index in [1.807, 2.05) is 42.5 Å². The molecule has 0 bridgehead atoms.